The van der Waals surface area contributed by atoms with Crippen molar-refractivity contribution in [3.05, 3.63) is 57.7 Å². The third kappa shape index (κ3) is 3.89. The molecule has 24 heavy (non-hydrogen) atoms. The molecular weight excluding hydrogens is 413 g/mol. The van der Waals surface area contributed by atoms with E-state index in [0.717, 1.165) is 47.7 Å². The lowest BCUT2D eigenvalue weighted by Gasteiger charge is -2.36. The average molecular weight is 435 g/mol. The van der Waals surface area contributed by atoms with Crippen molar-refractivity contribution in [1.82, 2.24) is 4.90 Å². The summed E-state index contributed by atoms with van der Waals surface area (Å²) in [6.07, 6.45) is 0. The predicted octanol–water partition coefficient (Wildman–Crippen LogP) is 3.69. The molecule has 126 valence electrons. The van der Waals surface area contributed by atoms with E-state index in [0.29, 0.717) is 5.56 Å². The van der Waals surface area contributed by atoms with E-state index < -0.39 is 0 Å². The van der Waals surface area contributed by atoms with Crippen LogP contribution in [-0.2, 0) is 0 Å². The van der Waals surface area contributed by atoms with Gasteiger partial charge in [-0.1, -0.05) is 31.2 Å². The van der Waals surface area contributed by atoms with Crippen LogP contribution in [0, 0.1) is 3.57 Å². The van der Waals surface area contributed by atoms with E-state index in [2.05, 4.69) is 50.7 Å². The molecule has 0 bridgehead atoms. The first-order chi connectivity index (χ1) is 11.7. The second kappa shape index (κ2) is 7.98. The zero-order valence-corrected chi connectivity index (χ0v) is 16.0. The Hall–Kier alpha value is -1.60. The molecule has 0 saturated carbocycles. The van der Waals surface area contributed by atoms with Crippen molar-refractivity contribution in [1.29, 1.82) is 0 Å². The van der Waals surface area contributed by atoms with Crippen LogP contribution in [0.2, 0.25) is 0 Å². The number of hydrogen-bond donors (Lipinski definition) is 1. The van der Waals surface area contributed by atoms with Crippen LogP contribution in [0.15, 0.2) is 48.5 Å². The normalized spacial score (nSPS) is 15.3. The fraction of sp³-hybridized carbons (Fsp3) is 0.316. The summed E-state index contributed by atoms with van der Waals surface area (Å²) in [6, 6.07) is 15.7. The van der Waals surface area contributed by atoms with Gasteiger partial charge in [0.1, 0.15) is 0 Å². The molecule has 2 aromatic rings. The Morgan fingerprint density at radius 1 is 1.04 bits per heavy atom. The summed E-state index contributed by atoms with van der Waals surface area (Å²) >= 11 is 2.20. The van der Waals surface area contributed by atoms with Gasteiger partial charge in [-0.25, -0.2) is 0 Å². The lowest BCUT2D eigenvalue weighted by atomic mass is 10.1. The topological polar surface area (TPSA) is 35.6 Å². The summed E-state index contributed by atoms with van der Waals surface area (Å²) in [4.78, 5) is 17.4. The number of carbonyl (C=O) groups is 1. The molecule has 5 heteroatoms. The van der Waals surface area contributed by atoms with Crippen LogP contribution in [-0.4, -0.2) is 43.5 Å². The molecule has 1 amide bonds. The van der Waals surface area contributed by atoms with Crippen molar-refractivity contribution in [2.24, 2.45) is 0 Å². The second-order valence-electron chi connectivity index (χ2n) is 5.87. The van der Waals surface area contributed by atoms with Crippen LogP contribution < -0.4 is 10.2 Å². The molecule has 1 aliphatic heterocycles. The van der Waals surface area contributed by atoms with Crippen molar-refractivity contribution in [3.8, 4) is 0 Å². The van der Waals surface area contributed by atoms with E-state index >= 15 is 0 Å². The van der Waals surface area contributed by atoms with Crippen molar-refractivity contribution in [2.45, 2.75) is 6.92 Å². The number of hydrogen-bond acceptors (Lipinski definition) is 3. The first kappa shape index (κ1) is 17.2. The predicted molar refractivity (Wildman–Crippen MR) is 108 cm³/mol. The number of amides is 1. The van der Waals surface area contributed by atoms with E-state index in [1.807, 2.05) is 42.5 Å². The quantitative estimate of drug-likeness (QED) is 0.745. The molecule has 0 radical (unpaired) electrons. The fourth-order valence-electron chi connectivity index (χ4n) is 3.00. The molecule has 1 heterocycles. The SMILES string of the molecule is CCN1CCN(c2ccccc2NC(=O)c2ccccc2I)CC1. The van der Waals surface area contributed by atoms with Crippen molar-refractivity contribution >= 4 is 39.9 Å². The zero-order chi connectivity index (χ0) is 16.9. The Kier molecular flexibility index (Phi) is 5.73. The van der Waals surface area contributed by atoms with Crippen LogP contribution >= 0.6 is 22.6 Å². The Balaban J connectivity index is 1.77. The zero-order valence-electron chi connectivity index (χ0n) is 13.8. The lowest BCUT2D eigenvalue weighted by molar-refractivity contribution is 0.102. The first-order valence-electron chi connectivity index (χ1n) is 8.31. The minimum Gasteiger partial charge on any atom is -0.367 e. The molecule has 3 rings (SSSR count). The molecule has 1 aliphatic rings. The second-order valence-corrected chi connectivity index (χ2v) is 7.03. The molecule has 0 atom stereocenters. The number of carbonyl (C=O) groups excluding carboxylic acids is 1. The summed E-state index contributed by atoms with van der Waals surface area (Å²) in [6.45, 7) is 7.40. The molecule has 1 fully saturated rings. The molecule has 1 N–H and O–H groups in total. The van der Waals surface area contributed by atoms with Gasteiger partial charge in [0.15, 0.2) is 0 Å². The minimum absolute atomic E-state index is 0.0559. The molecule has 4 nitrogen and oxygen atoms in total. The van der Waals surface area contributed by atoms with Gasteiger partial charge in [0, 0.05) is 29.7 Å². The van der Waals surface area contributed by atoms with Gasteiger partial charge in [-0.15, -0.1) is 0 Å². The Labute approximate surface area is 157 Å². The summed E-state index contributed by atoms with van der Waals surface area (Å²) in [5.74, 6) is -0.0559. The van der Waals surface area contributed by atoms with Gasteiger partial charge in [-0.05, 0) is 53.4 Å². The number of halogens is 1. The van der Waals surface area contributed by atoms with E-state index in [-0.39, 0.29) is 5.91 Å². The van der Waals surface area contributed by atoms with Gasteiger partial charge in [-0.3, -0.25) is 4.79 Å². The number of para-hydroxylation sites is 2. The first-order valence-corrected chi connectivity index (χ1v) is 9.39. The largest absolute Gasteiger partial charge is 0.367 e. The third-order valence-corrected chi connectivity index (χ3v) is 5.37. The number of rotatable bonds is 4. The van der Waals surface area contributed by atoms with Crippen molar-refractivity contribution in [3.63, 3.8) is 0 Å². The van der Waals surface area contributed by atoms with Gasteiger partial charge in [0.05, 0.1) is 16.9 Å². The Bertz CT molecular complexity index is 711. The maximum Gasteiger partial charge on any atom is 0.256 e. The molecular formula is C19H22IN3O. The van der Waals surface area contributed by atoms with E-state index in [1.165, 1.54) is 0 Å². The minimum atomic E-state index is -0.0559. The standard InChI is InChI=1S/C19H22IN3O/c1-2-22-11-13-23(14-12-22)18-10-6-5-9-17(18)21-19(24)15-7-3-4-8-16(15)20/h3-10H,2,11-14H2,1H3,(H,21,24). The smallest absolute Gasteiger partial charge is 0.256 e. The highest BCUT2D eigenvalue weighted by molar-refractivity contribution is 14.1. The van der Waals surface area contributed by atoms with Crippen LogP contribution in [0.1, 0.15) is 17.3 Å². The van der Waals surface area contributed by atoms with Crippen LogP contribution in [0.3, 0.4) is 0 Å². The van der Waals surface area contributed by atoms with E-state index in [1.54, 1.807) is 0 Å². The average Bonchev–Trinajstić information content (AvgIpc) is 2.62. The number of piperazine rings is 1. The van der Waals surface area contributed by atoms with Gasteiger partial charge in [0.25, 0.3) is 5.91 Å². The molecule has 1 saturated heterocycles. The van der Waals surface area contributed by atoms with Crippen LogP contribution in [0.25, 0.3) is 0 Å². The molecule has 0 unspecified atom stereocenters. The number of nitrogens with zero attached hydrogens (tertiary/aromatic N) is 2. The molecule has 0 spiro atoms. The molecule has 0 aliphatic carbocycles. The fourth-order valence-corrected chi connectivity index (χ4v) is 3.63. The molecule has 0 aromatic heterocycles. The maximum absolute atomic E-state index is 12.6. The van der Waals surface area contributed by atoms with Crippen molar-refractivity contribution < 1.29 is 4.79 Å². The van der Waals surface area contributed by atoms with E-state index in [9.17, 15) is 4.79 Å². The summed E-state index contributed by atoms with van der Waals surface area (Å²) in [7, 11) is 0. The highest BCUT2D eigenvalue weighted by atomic mass is 127. The van der Waals surface area contributed by atoms with Crippen molar-refractivity contribution in [2.75, 3.05) is 42.9 Å². The number of benzene rings is 2. The Morgan fingerprint density at radius 2 is 1.71 bits per heavy atom. The highest BCUT2D eigenvalue weighted by Gasteiger charge is 2.19. The van der Waals surface area contributed by atoms with E-state index in [4.69, 9.17) is 0 Å². The maximum atomic E-state index is 12.6. The van der Waals surface area contributed by atoms with Gasteiger partial charge < -0.3 is 15.1 Å². The van der Waals surface area contributed by atoms with Gasteiger partial charge >= 0.3 is 0 Å². The lowest BCUT2D eigenvalue weighted by Crippen LogP contribution is -2.46. The number of nitrogens with one attached hydrogen (secondary N) is 1. The summed E-state index contributed by atoms with van der Waals surface area (Å²) in [5.41, 5.74) is 2.70. The highest BCUT2D eigenvalue weighted by Crippen LogP contribution is 2.27. The summed E-state index contributed by atoms with van der Waals surface area (Å²) in [5, 5.41) is 3.09. The summed E-state index contributed by atoms with van der Waals surface area (Å²) < 4.78 is 0.960. The monoisotopic (exact) mass is 435 g/mol. The number of likely N-dealkylation sites (N-methyl/N-ethyl adjacent to an activating group) is 1. The van der Waals surface area contributed by atoms with Crippen LogP contribution in [0.4, 0.5) is 11.4 Å². The Morgan fingerprint density at radius 3 is 2.42 bits per heavy atom. The van der Waals surface area contributed by atoms with Crippen LogP contribution in [0.5, 0.6) is 0 Å². The van der Waals surface area contributed by atoms with Gasteiger partial charge in [-0.2, -0.15) is 0 Å². The van der Waals surface area contributed by atoms with Gasteiger partial charge in [0.2, 0.25) is 0 Å². The third-order valence-electron chi connectivity index (χ3n) is 4.43. The molecule has 2 aromatic carbocycles. The number of anilines is 2.